The Labute approximate surface area is 130 Å². The molecule has 0 radical (unpaired) electrons. The lowest BCUT2D eigenvalue weighted by Crippen LogP contribution is -2.35. The van der Waals surface area contributed by atoms with Crippen LogP contribution in [0.15, 0.2) is 6.20 Å². The van der Waals surface area contributed by atoms with E-state index in [-0.39, 0.29) is 33.7 Å². The molecular weight excluding hydrogens is 330 g/mol. The minimum absolute atomic E-state index is 0.000111. The van der Waals surface area contributed by atoms with Crippen LogP contribution in [-0.4, -0.2) is 41.7 Å². The Morgan fingerprint density at radius 1 is 1.40 bits per heavy atom. The largest absolute Gasteiger partial charge is 0.481 e. The number of carbonyl (C=O) groups excluding carboxylic acids is 1. The lowest BCUT2D eigenvalue weighted by molar-refractivity contribution is -0.139. The van der Waals surface area contributed by atoms with E-state index in [2.05, 4.69) is 10.3 Å². The molecule has 6 nitrogen and oxygen atoms in total. The number of aliphatic carboxylic acids is 1. The number of nitrogens with zero attached hydrogens (tertiary/aromatic N) is 1. The first-order valence-corrected chi connectivity index (χ1v) is 6.52. The van der Waals surface area contributed by atoms with Gasteiger partial charge in [-0.2, -0.15) is 0 Å². The van der Waals surface area contributed by atoms with E-state index in [1.807, 2.05) is 0 Å². The van der Waals surface area contributed by atoms with E-state index in [0.29, 0.717) is 0 Å². The molecule has 1 amide bonds. The van der Waals surface area contributed by atoms with Gasteiger partial charge in [-0.05, 0) is 0 Å². The van der Waals surface area contributed by atoms with Gasteiger partial charge in [-0.25, -0.2) is 4.98 Å². The Hall–Kier alpha value is -1.08. The zero-order valence-corrected chi connectivity index (χ0v) is 12.6. The molecule has 1 heterocycles. The van der Waals surface area contributed by atoms with Gasteiger partial charge in [-0.3, -0.25) is 9.59 Å². The van der Waals surface area contributed by atoms with Crippen molar-refractivity contribution in [1.82, 2.24) is 10.3 Å². The second-order valence-corrected chi connectivity index (χ2v) is 4.91. The Bertz CT molecular complexity index is 525. The van der Waals surface area contributed by atoms with Gasteiger partial charge in [0.2, 0.25) is 0 Å². The van der Waals surface area contributed by atoms with Gasteiger partial charge >= 0.3 is 5.97 Å². The van der Waals surface area contributed by atoms with Crippen LogP contribution in [0.25, 0.3) is 0 Å². The molecule has 0 aliphatic carbocycles. The molecule has 0 spiro atoms. The average Bonchev–Trinajstić information content (AvgIpc) is 2.40. The molecule has 1 aromatic heterocycles. The number of carboxylic acid groups (broad SMARTS) is 1. The van der Waals surface area contributed by atoms with Gasteiger partial charge in [-0.1, -0.05) is 34.8 Å². The summed E-state index contributed by atoms with van der Waals surface area (Å²) >= 11 is 17.4. The van der Waals surface area contributed by atoms with E-state index in [1.54, 1.807) is 0 Å². The molecule has 0 aliphatic heterocycles. The summed E-state index contributed by atoms with van der Waals surface area (Å²) in [6.07, 6.45) is 0.313. The zero-order valence-electron chi connectivity index (χ0n) is 10.3. The molecule has 1 unspecified atom stereocenters. The monoisotopic (exact) mass is 340 g/mol. The molecule has 0 saturated carbocycles. The molecule has 2 N–H and O–H groups in total. The van der Waals surface area contributed by atoms with Crippen LogP contribution in [0.4, 0.5) is 0 Å². The lowest BCUT2D eigenvalue weighted by Gasteiger charge is -2.14. The van der Waals surface area contributed by atoms with Gasteiger partial charge in [0.15, 0.2) is 0 Å². The smallest absolute Gasteiger partial charge is 0.306 e. The number of methoxy groups -OCH3 is 1. The predicted molar refractivity (Wildman–Crippen MR) is 74.7 cm³/mol. The molecule has 0 aromatic carbocycles. The fourth-order valence-electron chi connectivity index (χ4n) is 1.33. The SMILES string of the molecule is COC(CNC(=O)c1ncc(Cl)c(Cl)c1Cl)CC(=O)O. The Kier molecular flexibility index (Phi) is 6.48. The van der Waals surface area contributed by atoms with E-state index in [1.165, 1.54) is 13.3 Å². The fourth-order valence-corrected chi connectivity index (χ4v) is 1.89. The molecule has 1 rings (SSSR count). The number of amides is 1. The number of nitrogens with one attached hydrogen (secondary N) is 1. The molecular formula is C11H11Cl3N2O4. The van der Waals surface area contributed by atoms with Crippen LogP contribution < -0.4 is 5.32 Å². The second-order valence-electron chi connectivity index (χ2n) is 3.75. The Morgan fingerprint density at radius 2 is 2.05 bits per heavy atom. The standard InChI is InChI=1S/C11H11Cl3N2O4/c1-20-5(2-7(17)18)3-16-11(19)10-9(14)8(13)6(12)4-15-10/h4-5H,2-3H2,1H3,(H,16,19)(H,17,18). The minimum Gasteiger partial charge on any atom is -0.481 e. The highest BCUT2D eigenvalue weighted by molar-refractivity contribution is 6.48. The second kappa shape index (κ2) is 7.64. The van der Waals surface area contributed by atoms with Gasteiger partial charge in [0.25, 0.3) is 5.91 Å². The highest BCUT2D eigenvalue weighted by atomic mass is 35.5. The Balaban J connectivity index is 2.72. The summed E-state index contributed by atoms with van der Waals surface area (Å²) in [6, 6.07) is 0. The Morgan fingerprint density at radius 3 is 2.60 bits per heavy atom. The van der Waals surface area contributed by atoms with Crippen molar-refractivity contribution in [3.8, 4) is 0 Å². The molecule has 0 aliphatic rings. The van der Waals surface area contributed by atoms with E-state index in [0.717, 1.165) is 0 Å². The first kappa shape index (κ1) is 17.0. The number of halogens is 3. The van der Waals surface area contributed by atoms with Crippen molar-refractivity contribution >= 4 is 46.7 Å². The van der Waals surface area contributed by atoms with Gasteiger partial charge in [0.05, 0.1) is 27.6 Å². The average molecular weight is 342 g/mol. The van der Waals surface area contributed by atoms with Crippen molar-refractivity contribution in [1.29, 1.82) is 0 Å². The highest BCUT2D eigenvalue weighted by Gasteiger charge is 2.19. The molecule has 20 heavy (non-hydrogen) atoms. The van der Waals surface area contributed by atoms with Gasteiger partial charge in [0, 0.05) is 19.9 Å². The summed E-state index contributed by atoms with van der Waals surface area (Å²) in [5.41, 5.74) is -0.0914. The zero-order chi connectivity index (χ0) is 15.3. The number of hydrogen-bond acceptors (Lipinski definition) is 4. The van der Waals surface area contributed by atoms with Crippen LogP contribution in [0.2, 0.25) is 15.1 Å². The van der Waals surface area contributed by atoms with Gasteiger partial charge in [0.1, 0.15) is 5.69 Å². The number of carbonyl (C=O) groups is 2. The summed E-state index contributed by atoms with van der Waals surface area (Å²) < 4.78 is 4.92. The van der Waals surface area contributed by atoms with Gasteiger partial charge in [-0.15, -0.1) is 0 Å². The van der Waals surface area contributed by atoms with Crippen molar-refractivity contribution in [2.45, 2.75) is 12.5 Å². The summed E-state index contributed by atoms with van der Waals surface area (Å²) in [7, 11) is 1.35. The maximum absolute atomic E-state index is 11.9. The molecule has 0 bridgehead atoms. The molecule has 0 saturated heterocycles. The minimum atomic E-state index is -1.03. The quantitative estimate of drug-likeness (QED) is 0.828. The summed E-state index contributed by atoms with van der Waals surface area (Å²) in [6.45, 7) is -0.000111. The van der Waals surface area contributed by atoms with Crippen molar-refractivity contribution in [2.24, 2.45) is 0 Å². The lowest BCUT2D eigenvalue weighted by atomic mass is 10.2. The van der Waals surface area contributed by atoms with Crippen molar-refractivity contribution < 1.29 is 19.4 Å². The van der Waals surface area contributed by atoms with Crippen molar-refractivity contribution in [2.75, 3.05) is 13.7 Å². The third kappa shape index (κ3) is 4.49. The van der Waals surface area contributed by atoms with Crippen LogP contribution >= 0.6 is 34.8 Å². The number of rotatable bonds is 6. The predicted octanol–water partition coefficient (Wildman–Crippen LogP) is 2.26. The molecule has 1 atom stereocenters. The normalized spacial score (nSPS) is 12.0. The van der Waals surface area contributed by atoms with E-state index < -0.39 is 18.0 Å². The molecule has 1 aromatic rings. The maximum Gasteiger partial charge on any atom is 0.306 e. The van der Waals surface area contributed by atoms with Crippen molar-refractivity contribution in [3.63, 3.8) is 0 Å². The van der Waals surface area contributed by atoms with E-state index in [4.69, 9.17) is 44.6 Å². The third-order valence-electron chi connectivity index (χ3n) is 2.36. The molecule has 0 fully saturated rings. The first-order chi connectivity index (χ1) is 9.36. The van der Waals surface area contributed by atoms with Crippen molar-refractivity contribution in [3.05, 3.63) is 27.0 Å². The molecule has 9 heteroatoms. The van der Waals surface area contributed by atoms with Crippen LogP contribution in [-0.2, 0) is 9.53 Å². The summed E-state index contributed by atoms with van der Waals surface area (Å²) in [5.74, 6) is -1.63. The number of aromatic nitrogens is 1. The van der Waals surface area contributed by atoms with Crippen LogP contribution in [0.1, 0.15) is 16.9 Å². The third-order valence-corrected chi connectivity index (χ3v) is 3.60. The van der Waals surface area contributed by atoms with Crippen LogP contribution in [0.3, 0.4) is 0 Å². The first-order valence-electron chi connectivity index (χ1n) is 5.39. The van der Waals surface area contributed by atoms with Crippen LogP contribution in [0, 0.1) is 0 Å². The number of ether oxygens (including phenoxy) is 1. The number of carboxylic acids is 1. The maximum atomic E-state index is 11.9. The summed E-state index contributed by atoms with van der Waals surface area (Å²) in [5, 5.41) is 11.2. The highest BCUT2D eigenvalue weighted by Crippen LogP contribution is 2.30. The van der Waals surface area contributed by atoms with E-state index in [9.17, 15) is 9.59 Å². The molecule has 110 valence electrons. The topological polar surface area (TPSA) is 88.5 Å². The summed E-state index contributed by atoms with van der Waals surface area (Å²) in [4.78, 5) is 26.2. The number of hydrogen-bond donors (Lipinski definition) is 2. The van der Waals surface area contributed by atoms with Gasteiger partial charge < -0.3 is 15.2 Å². The van der Waals surface area contributed by atoms with Crippen LogP contribution in [0.5, 0.6) is 0 Å². The van der Waals surface area contributed by atoms with E-state index >= 15 is 0 Å². The fraction of sp³-hybridized carbons (Fsp3) is 0.364. The number of pyridine rings is 1.